The zero-order chi connectivity index (χ0) is 13.5. The molecule has 98 valence electrons. The molecule has 0 saturated heterocycles. The van der Waals surface area contributed by atoms with Crippen molar-refractivity contribution in [3.05, 3.63) is 33.8 Å². The second-order valence-electron chi connectivity index (χ2n) is 3.77. The molecule has 1 aromatic carbocycles. The Morgan fingerprint density at radius 3 is 2.50 bits per heavy atom. The lowest BCUT2D eigenvalue weighted by molar-refractivity contribution is -0.144. The van der Waals surface area contributed by atoms with Gasteiger partial charge >= 0.3 is 5.97 Å². The number of benzene rings is 1. The highest BCUT2D eigenvalue weighted by Crippen LogP contribution is 2.23. The molecule has 0 aliphatic rings. The average molecular weight is 289 g/mol. The topological polar surface area (TPSA) is 43.4 Å². The molecule has 5 heteroatoms. The van der Waals surface area contributed by atoms with Crippen molar-refractivity contribution in [1.82, 2.24) is 0 Å². The Hall–Kier alpha value is -1.06. The quantitative estimate of drug-likeness (QED) is 0.753. The molecule has 0 bridgehead atoms. The van der Waals surface area contributed by atoms with Gasteiger partial charge in [-0.3, -0.25) is 9.59 Å². The van der Waals surface area contributed by atoms with E-state index in [1.165, 1.54) is 0 Å². The van der Waals surface area contributed by atoms with E-state index in [4.69, 9.17) is 27.9 Å². The standard InChI is InChI=1S/C13H14Cl2O3/c1-2-18-13(17)6-4-10(16)7-9-3-5-11(14)12(15)8-9/h3,5,8H,2,4,6-7H2,1H3. The van der Waals surface area contributed by atoms with Crippen LogP contribution in [0, 0.1) is 0 Å². The zero-order valence-corrected chi connectivity index (χ0v) is 11.6. The minimum atomic E-state index is -0.347. The van der Waals surface area contributed by atoms with Gasteiger partial charge in [-0.15, -0.1) is 0 Å². The third-order valence-corrected chi connectivity index (χ3v) is 3.04. The number of carbonyl (C=O) groups excluding carboxylic acids is 2. The third kappa shape index (κ3) is 5.07. The number of ether oxygens (including phenoxy) is 1. The van der Waals surface area contributed by atoms with Gasteiger partial charge in [-0.05, 0) is 24.6 Å². The number of halogens is 2. The average Bonchev–Trinajstić information content (AvgIpc) is 2.32. The monoisotopic (exact) mass is 288 g/mol. The van der Waals surface area contributed by atoms with Crippen molar-refractivity contribution in [2.45, 2.75) is 26.2 Å². The van der Waals surface area contributed by atoms with E-state index < -0.39 is 0 Å². The van der Waals surface area contributed by atoms with E-state index in [0.29, 0.717) is 16.7 Å². The van der Waals surface area contributed by atoms with Crippen LogP contribution in [0.15, 0.2) is 18.2 Å². The van der Waals surface area contributed by atoms with E-state index >= 15 is 0 Å². The lowest BCUT2D eigenvalue weighted by atomic mass is 10.1. The van der Waals surface area contributed by atoms with Gasteiger partial charge in [-0.1, -0.05) is 29.3 Å². The maximum atomic E-state index is 11.6. The van der Waals surface area contributed by atoms with Crippen LogP contribution in [0.3, 0.4) is 0 Å². The van der Waals surface area contributed by atoms with Crippen molar-refractivity contribution >= 4 is 35.0 Å². The first-order valence-electron chi connectivity index (χ1n) is 5.64. The molecule has 0 amide bonds. The van der Waals surface area contributed by atoms with Crippen LogP contribution in [-0.4, -0.2) is 18.4 Å². The predicted molar refractivity (Wildman–Crippen MR) is 71.0 cm³/mol. The van der Waals surface area contributed by atoms with Crippen LogP contribution in [0.5, 0.6) is 0 Å². The highest BCUT2D eigenvalue weighted by Gasteiger charge is 2.09. The fraction of sp³-hybridized carbons (Fsp3) is 0.385. The van der Waals surface area contributed by atoms with E-state index in [9.17, 15) is 9.59 Å². The molecular weight excluding hydrogens is 275 g/mol. The first-order valence-corrected chi connectivity index (χ1v) is 6.39. The predicted octanol–water partition coefficient (Wildman–Crippen LogP) is 3.45. The largest absolute Gasteiger partial charge is 0.466 e. The molecule has 0 aromatic heterocycles. The smallest absolute Gasteiger partial charge is 0.306 e. The van der Waals surface area contributed by atoms with Crippen molar-refractivity contribution in [1.29, 1.82) is 0 Å². The second kappa shape index (κ2) is 7.39. The minimum absolute atomic E-state index is 0.0264. The highest BCUT2D eigenvalue weighted by atomic mass is 35.5. The second-order valence-corrected chi connectivity index (χ2v) is 4.58. The van der Waals surface area contributed by atoms with E-state index in [1.807, 2.05) is 0 Å². The van der Waals surface area contributed by atoms with E-state index in [-0.39, 0.29) is 31.0 Å². The van der Waals surface area contributed by atoms with Gasteiger partial charge in [-0.2, -0.15) is 0 Å². The molecule has 0 unspecified atom stereocenters. The van der Waals surface area contributed by atoms with Gasteiger partial charge < -0.3 is 4.74 Å². The van der Waals surface area contributed by atoms with Crippen molar-refractivity contribution in [3.8, 4) is 0 Å². The number of rotatable bonds is 6. The van der Waals surface area contributed by atoms with Crippen LogP contribution in [0.2, 0.25) is 10.0 Å². The number of ketones is 1. The summed E-state index contributed by atoms with van der Waals surface area (Å²) in [7, 11) is 0. The maximum Gasteiger partial charge on any atom is 0.306 e. The molecule has 0 aliphatic heterocycles. The third-order valence-electron chi connectivity index (χ3n) is 2.30. The van der Waals surface area contributed by atoms with Gasteiger partial charge in [0.15, 0.2) is 0 Å². The molecule has 1 rings (SSSR count). The Labute approximate surface area is 116 Å². The van der Waals surface area contributed by atoms with E-state index in [2.05, 4.69) is 0 Å². The number of Topliss-reactive ketones (excluding diaryl/α,β-unsaturated/α-hetero) is 1. The Morgan fingerprint density at radius 2 is 1.89 bits per heavy atom. The molecule has 0 atom stereocenters. The van der Waals surface area contributed by atoms with Crippen molar-refractivity contribution in [2.75, 3.05) is 6.61 Å². The Balaban J connectivity index is 2.44. The fourth-order valence-corrected chi connectivity index (χ4v) is 1.76. The van der Waals surface area contributed by atoms with Crippen LogP contribution in [-0.2, 0) is 20.7 Å². The molecule has 0 N–H and O–H groups in total. The number of hydrogen-bond acceptors (Lipinski definition) is 3. The first kappa shape index (κ1) is 15.0. The summed E-state index contributed by atoms with van der Waals surface area (Å²) in [5.74, 6) is -0.374. The molecule has 0 radical (unpaired) electrons. The summed E-state index contributed by atoms with van der Waals surface area (Å²) in [5, 5.41) is 0.881. The van der Waals surface area contributed by atoms with Crippen molar-refractivity contribution in [2.24, 2.45) is 0 Å². The van der Waals surface area contributed by atoms with Gasteiger partial charge in [0.05, 0.1) is 23.1 Å². The molecule has 0 fully saturated rings. The SMILES string of the molecule is CCOC(=O)CCC(=O)Cc1ccc(Cl)c(Cl)c1. The zero-order valence-electron chi connectivity index (χ0n) is 10.0. The molecule has 1 aromatic rings. The first-order chi connectivity index (χ1) is 8.52. The molecule has 0 heterocycles. The van der Waals surface area contributed by atoms with Crippen LogP contribution in [0.1, 0.15) is 25.3 Å². The summed E-state index contributed by atoms with van der Waals surface area (Å²) in [6.07, 6.45) is 0.545. The van der Waals surface area contributed by atoms with Gasteiger partial charge in [0.1, 0.15) is 5.78 Å². The van der Waals surface area contributed by atoms with Crippen LogP contribution in [0.4, 0.5) is 0 Å². The Kier molecular flexibility index (Phi) is 6.16. The Morgan fingerprint density at radius 1 is 1.17 bits per heavy atom. The number of esters is 1. The lowest BCUT2D eigenvalue weighted by Crippen LogP contribution is -2.09. The highest BCUT2D eigenvalue weighted by molar-refractivity contribution is 6.42. The number of hydrogen-bond donors (Lipinski definition) is 0. The van der Waals surface area contributed by atoms with Gasteiger partial charge in [0.2, 0.25) is 0 Å². The summed E-state index contributed by atoms with van der Waals surface area (Å²) in [4.78, 5) is 22.7. The summed E-state index contributed by atoms with van der Waals surface area (Å²) < 4.78 is 4.75. The van der Waals surface area contributed by atoms with Gasteiger partial charge in [0.25, 0.3) is 0 Å². The maximum absolute atomic E-state index is 11.6. The Bertz CT molecular complexity index is 444. The summed E-state index contributed by atoms with van der Waals surface area (Å²) in [5.41, 5.74) is 0.790. The molecule has 0 spiro atoms. The van der Waals surface area contributed by atoms with Crippen molar-refractivity contribution < 1.29 is 14.3 Å². The molecule has 0 aliphatic carbocycles. The molecule has 3 nitrogen and oxygen atoms in total. The van der Waals surface area contributed by atoms with Gasteiger partial charge in [0, 0.05) is 12.8 Å². The molecule has 0 saturated carbocycles. The van der Waals surface area contributed by atoms with E-state index in [1.54, 1.807) is 25.1 Å². The van der Waals surface area contributed by atoms with Gasteiger partial charge in [-0.25, -0.2) is 0 Å². The minimum Gasteiger partial charge on any atom is -0.466 e. The lowest BCUT2D eigenvalue weighted by Gasteiger charge is -2.03. The molecule has 18 heavy (non-hydrogen) atoms. The summed E-state index contributed by atoms with van der Waals surface area (Å²) in [6, 6.07) is 5.06. The normalized spacial score (nSPS) is 10.2. The number of carbonyl (C=O) groups is 2. The van der Waals surface area contributed by atoms with Crippen LogP contribution in [0.25, 0.3) is 0 Å². The summed E-state index contributed by atoms with van der Waals surface area (Å²) >= 11 is 11.6. The molecular formula is C13H14Cl2O3. The summed E-state index contributed by atoms with van der Waals surface area (Å²) in [6.45, 7) is 2.06. The van der Waals surface area contributed by atoms with Crippen LogP contribution >= 0.6 is 23.2 Å². The van der Waals surface area contributed by atoms with Crippen molar-refractivity contribution in [3.63, 3.8) is 0 Å². The van der Waals surface area contributed by atoms with Crippen LogP contribution < -0.4 is 0 Å². The fourth-order valence-electron chi connectivity index (χ4n) is 1.44. The van der Waals surface area contributed by atoms with E-state index in [0.717, 1.165) is 5.56 Å².